The molecule has 2 unspecified atom stereocenters. The minimum atomic E-state index is 0.207. The van der Waals surface area contributed by atoms with Gasteiger partial charge in [0, 0.05) is 38.0 Å². The molecule has 4 nitrogen and oxygen atoms in total. The Hall–Kier alpha value is -2.33. The molecule has 2 aromatic rings. The van der Waals surface area contributed by atoms with Gasteiger partial charge < -0.3 is 9.64 Å². The van der Waals surface area contributed by atoms with Gasteiger partial charge in [-0.1, -0.05) is 44.2 Å². The molecule has 1 saturated carbocycles. The van der Waals surface area contributed by atoms with Crippen LogP contribution in [0.2, 0.25) is 0 Å². The summed E-state index contributed by atoms with van der Waals surface area (Å²) in [7, 11) is 0. The van der Waals surface area contributed by atoms with Gasteiger partial charge in [-0.2, -0.15) is 0 Å². The number of piperidine rings is 3. The Labute approximate surface area is 185 Å². The molecule has 1 amide bonds. The number of carbonyl (C=O) groups excluding carboxylic acids is 1. The second-order valence-electron chi connectivity index (χ2n) is 10.4. The normalized spacial score (nSPS) is 33.9. The van der Waals surface area contributed by atoms with Gasteiger partial charge in [0.15, 0.2) is 0 Å². The molecule has 31 heavy (non-hydrogen) atoms. The van der Waals surface area contributed by atoms with E-state index in [2.05, 4.69) is 41.8 Å². The van der Waals surface area contributed by atoms with E-state index in [9.17, 15) is 4.79 Å². The van der Waals surface area contributed by atoms with Crippen molar-refractivity contribution in [2.24, 2.45) is 23.7 Å². The molecule has 1 aliphatic carbocycles. The van der Waals surface area contributed by atoms with Crippen molar-refractivity contribution < 1.29 is 9.53 Å². The third-order valence-corrected chi connectivity index (χ3v) is 8.42. The number of hydrogen-bond donors (Lipinski definition) is 0. The molecule has 6 rings (SSSR count). The predicted octanol–water partition coefficient (Wildman–Crippen LogP) is 4.95. The zero-order valence-electron chi connectivity index (χ0n) is 18.5. The van der Waals surface area contributed by atoms with Gasteiger partial charge >= 0.3 is 0 Å². The maximum Gasteiger partial charge on any atom is 0.223 e. The highest BCUT2D eigenvalue weighted by Gasteiger charge is 2.79. The van der Waals surface area contributed by atoms with E-state index < -0.39 is 0 Å². The van der Waals surface area contributed by atoms with Crippen molar-refractivity contribution >= 4 is 5.91 Å². The first kappa shape index (κ1) is 19.4. The van der Waals surface area contributed by atoms with Crippen LogP contribution in [-0.4, -0.2) is 40.4 Å². The Morgan fingerprint density at radius 3 is 2.65 bits per heavy atom. The zero-order chi connectivity index (χ0) is 21.2. The first-order valence-electron chi connectivity index (χ1n) is 11.9. The third kappa shape index (κ3) is 2.95. The summed E-state index contributed by atoms with van der Waals surface area (Å²) < 4.78 is 6.05. The monoisotopic (exact) mass is 416 g/mol. The summed E-state index contributed by atoms with van der Waals surface area (Å²) in [4.78, 5) is 17.9. The van der Waals surface area contributed by atoms with Crippen LogP contribution in [0.15, 0.2) is 54.6 Å². The smallest absolute Gasteiger partial charge is 0.223 e. The maximum absolute atomic E-state index is 12.9. The molecule has 3 heterocycles. The first-order valence-corrected chi connectivity index (χ1v) is 11.9. The fourth-order valence-electron chi connectivity index (χ4n) is 7.23. The molecule has 1 spiro atoms. The van der Waals surface area contributed by atoms with E-state index in [1.54, 1.807) is 0 Å². The van der Waals surface area contributed by atoms with Crippen molar-refractivity contribution in [3.8, 4) is 11.5 Å². The van der Waals surface area contributed by atoms with Gasteiger partial charge in [-0.15, -0.1) is 0 Å². The van der Waals surface area contributed by atoms with Crippen molar-refractivity contribution in [2.75, 3.05) is 13.1 Å². The lowest BCUT2D eigenvalue weighted by atomic mass is 9.81. The van der Waals surface area contributed by atoms with Crippen LogP contribution in [0.5, 0.6) is 11.5 Å². The van der Waals surface area contributed by atoms with Crippen LogP contribution in [-0.2, 0) is 11.3 Å². The third-order valence-electron chi connectivity index (χ3n) is 8.42. The van der Waals surface area contributed by atoms with Crippen LogP contribution in [0.4, 0.5) is 0 Å². The molecule has 0 radical (unpaired) electrons. The lowest BCUT2D eigenvalue weighted by Crippen LogP contribution is -2.60. The number of ether oxygens (including phenoxy) is 1. The van der Waals surface area contributed by atoms with Crippen LogP contribution >= 0.6 is 0 Å². The molecule has 3 saturated heterocycles. The Morgan fingerprint density at radius 2 is 1.84 bits per heavy atom. The molecular weight excluding hydrogens is 384 g/mol. The van der Waals surface area contributed by atoms with E-state index >= 15 is 0 Å². The maximum atomic E-state index is 12.9. The standard InChI is InChI=1S/C27H32N2O2/c1-18(2)25-14-23-24-17-28(16-20-11-12-26(30)29(25)27(20,23)24)15-19-7-6-10-22(13-19)31-21-8-4-3-5-9-21/h3-10,13,18,20,23-25H,11-12,14-17H2,1-2H3/t20-,23?,24?,25-,27+/m1/s1. The van der Waals surface area contributed by atoms with E-state index in [0.717, 1.165) is 49.9 Å². The molecular formula is C27H32N2O2. The Kier molecular flexibility index (Phi) is 4.43. The summed E-state index contributed by atoms with van der Waals surface area (Å²) in [5.41, 5.74) is 1.51. The predicted molar refractivity (Wildman–Crippen MR) is 121 cm³/mol. The molecule has 3 aliphatic heterocycles. The van der Waals surface area contributed by atoms with Gasteiger partial charge in [-0.3, -0.25) is 9.69 Å². The summed E-state index contributed by atoms with van der Waals surface area (Å²) in [5, 5.41) is 0. The largest absolute Gasteiger partial charge is 0.457 e. The van der Waals surface area contributed by atoms with Crippen molar-refractivity contribution in [3.63, 3.8) is 0 Å². The molecule has 0 N–H and O–H groups in total. The number of hydrogen-bond acceptors (Lipinski definition) is 3. The molecule has 4 fully saturated rings. The second-order valence-corrected chi connectivity index (χ2v) is 10.4. The van der Waals surface area contributed by atoms with Gasteiger partial charge in [-0.25, -0.2) is 0 Å². The number of rotatable bonds is 5. The van der Waals surface area contributed by atoms with Crippen LogP contribution in [0.1, 0.15) is 38.7 Å². The van der Waals surface area contributed by atoms with Crippen molar-refractivity contribution in [3.05, 3.63) is 60.2 Å². The number of amides is 1. The molecule has 162 valence electrons. The van der Waals surface area contributed by atoms with Crippen LogP contribution in [0.3, 0.4) is 0 Å². The van der Waals surface area contributed by atoms with E-state index in [4.69, 9.17) is 4.74 Å². The average Bonchev–Trinajstić information content (AvgIpc) is 3.21. The van der Waals surface area contributed by atoms with Gasteiger partial charge in [-0.05, 0) is 60.4 Å². The van der Waals surface area contributed by atoms with Crippen molar-refractivity contribution in [1.29, 1.82) is 0 Å². The number of likely N-dealkylation sites (tertiary alicyclic amines) is 1. The summed E-state index contributed by atoms with van der Waals surface area (Å²) in [5.74, 6) is 4.81. The summed E-state index contributed by atoms with van der Waals surface area (Å²) >= 11 is 0. The van der Waals surface area contributed by atoms with Gasteiger partial charge in [0.25, 0.3) is 0 Å². The number of para-hydroxylation sites is 1. The highest BCUT2D eigenvalue weighted by Crippen LogP contribution is 2.71. The number of carbonyl (C=O) groups is 1. The first-order chi connectivity index (χ1) is 15.1. The topological polar surface area (TPSA) is 32.8 Å². The van der Waals surface area contributed by atoms with E-state index in [0.29, 0.717) is 29.7 Å². The Balaban J connectivity index is 1.18. The highest BCUT2D eigenvalue weighted by atomic mass is 16.5. The van der Waals surface area contributed by atoms with Gasteiger partial charge in [0.2, 0.25) is 5.91 Å². The Bertz CT molecular complexity index is 990. The summed E-state index contributed by atoms with van der Waals surface area (Å²) in [6.07, 6.45) is 3.03. The van der Waals surface area contributed by atoms with Crippen LogP contribution in [0, 0.1) is 23.7 Å². The van der Waals surface area contributed by atoms with Gasteiger partial charge in [0.05, 0.1) is 5.54 Å². The average molecular weight is 417 g/mol. The number of fused-ring (bicyclic) bond motifs is 1. The minimum absolute atomic E-state index is 0.207. The molecule has 4 aliphatic rings. The second kappa shape index (κ2) is 7.09. The zero-order valence-corrected chi connectivity index (χ0v) is 18.5. The summed E-state index contributed by atoms with van der Waals surface area (Å²) in [6.45, 7) is 7.78. The fraction of sp³-hybridized carbons (Fsp3) is 0.519. The van der Waals surface area contributed by atoms with E-state index in [1.807, 2.05) is 36.4 Å². The molecule has 0 bridgehead atoms. The Morgan fingerprint density at radius 1 is 1.03 bits per heavy atom. The van der Waals surface area contributed by atoms with Crippen LogP contribution in [0.25, 0.3) is 0 Å². The lowest BCUT2D eigenvalue weighted by Gasteiger charge is -2.49. The summed E-state index contributed by atoms with van der Waals surface area (Å²) in [6, 6.07) is 19.0. The van der Waals surface area contributed by atoms with Crippen molar-refractivity contribution in [2.45, 2.75) is 51.2 Å². The van der Waals surface area contributed by atoms with E-state index in [-0.39, 0.29) is 5.54 Å². The van der Waals surface area contributed by atoms with Crippen LogP contribution < -0.4 is 4.74 Å². The number of benzene rings is 2. The van der Waals surface area contributed by atoms with E-state index in [1.165, 1.54) is 12.0 Å². The molecule has 2 aromatic carbocycles. The number of nitrogens with zero attached hydrogens (tertiary/aromatic N) is 2. The molecule has 0 aromatic heterocycles. The highest BCUT2D eigenvalue weighted by molar-refractivity contribution is 5.80. The minimum Gasteiger partial charge on any atom is -0.457 e. The van der Waals surface area contributed by atoms with Gasteiger partial charge in [0.1, 0.15) is 11.5 Å². The molecule has 5 atom stereocenters. The molecule has 4 heteroatoms. The quantitative estimate of drug-likeness (QED) is 0.692. The fourth-order valence-corrected chi connectivity index (χ4v) is 7.23. The lowest BCUT2D eigenvalue weighted by molar-refractivity contribution is -0.146. The SMILES string of the molecule is CC(C)[C@H]1CC2C3CN(Cc4cccc(Oc5ccccc5)c4)C[C@H]4CCC(=O)N1[C@@]234. The van der Waals surface area contributed by atoms with Crippen molar-refractivity contribution in [1.82, 2.24) is 9.80 Å².